The van der Waals surface area contributed by atoms with E-state index in [0.29, 0.717) is 11.0 Å². The molecule has 0 spiro atoms. The summed E-state index contributed by atoms with van der Waals surface area (Å²) in [7, 11) is 1.34. The summed E-state index contributed by atoms with van der Waals surface area (Å²) in [5, 5.41) is 32.6. The minimum atomic E-state index is -2.27. The number of aromatic hydroxyl groups is 1. The fraction of sp³-hybridized carbons (Fsp3) is 0.214. The van der Waals surface area contributed by atoms with Crippen LogP contribution >= 0.6 is 0 Å². The predicted molar refractivity (Wildman–Crippen MR) is 77.8 cm³/mol. The summed E-state index contributed by atoms with van der Waals surface area (Å²) in [6.45, 7) is 0. The molecule has 1 aromatic carbocycles. The number of phenolic OH excluding ortho intramolecular Hbond substituents is 1. The number of furan rings is 1. The Balaban J connectivity index is 2.07. The van der Waals surface area contributed by atoms with Crippen molar-refractivity contribution in [3.63, 3.8) is 0 Å². The first-order valence-electron chi connectivity index (χ1n) is 6.64. The molecular formula is C14H12N2O8. The first kappa shape index (κ1) is 15.5. The van der Waals surface area contributed by atoms with E-state index < -0.39 is 24.1 Å². The lowest BCUT2D eigenvalue weighted by Gasteiger charge is -2.22. The fourth-order valence-corrected chi connectivity index (χ4v) is 2.40. The number of hydrogen-bond acceptors (Lipinski definition) is 8. The Hall–Kier alpha value is -3.43. The SMILES string of the molecule is COc1c(C2=NNC(CC(=O)O)(C(=O)O)O2)c(O)cc2occc12. The Kier molecular flexibility index (Phi) is 3.44. The van der Waals surface area contributed by atoms with E-state index in [2.05, 4.69) is 10.5 Å². The molecule has 0 fully saturated rings. The van der Waals surface area contributed by atoms with Gasteiger partial charge in [-0.05, 0) is 6.07 Å². The van der Waals surface area contributed by atoms with E-state index in [1.807, 2.05) is 0 Å². The molecule has 2 heterocycles. The molecule has 0 aliphatic carbocycles. The molecule has 0 amide bonds. The molecule has 126 valence electrons. The smallest absolute Gasteiger partial charge is 0.372 e. The lowest BCUT2D eigenvalue weighted by atomic mass is 10.1. The van der Waals surface area contributed by atoms with Crippen LogP contribution < -0.4 is 10.2 Å². The third-order valence-corrected chi connectivity index (χ3v) is 3.46. The van der Waals surface area contributed by atoms with Crippen molar-refractivity contribution in [2.24, 2.45) is 5.10 Å². The van der Waals surface area contributed by atoms with Crippen LogP contribution in [0.4, 0.5) is 0 Å². The highest BCUT2D eigenvalue weighted by Crippen LogP contribution is 2.39. The number of carbonyl (C=O) groups is 2. The summed E-state index contributed by atoms with van der Waals surface area (Å²) in [5.74, 6) is -3.45. The van der Waals surface area contributed by atoms with Crippen LogP contribution in [0.25, 0.3) is 11.0 Å². The van der Waals surface area contributed by atoms with Crippen molar-refractivity contribution in [1.29, 1.82) is 0 Å². The Bertz CT molecular complexity index is 871. The van der Waals surface area contributed by atoms with Gasteiger partial charge in [0.2, 0.25) is 5.90 Å². The van der Waals surface area contributed by atoms with Crippen LogP contribution in [0.2, 0.25) is 0 Å². The zero-order chi connectivity index (χ0) is 17.5. The zero-order valence-electron chi connectivity index (χ0n) is 12.3. The van der Waals surface area contributed by atoms with E-state index >= 15 is 0 Å². The second kappa shape index (κ2) is 5.33. The number of methoxy groups -OCH3 is 1. The number of hydrogen-bond donors (Lipinski definition) is 4. The minimum Gasteiger partial charge on any atom is -0.507 e. The normalized spacial score (nSPS) is 19.5. The van der Waals surface area contributed by atoms with Crippen LogP contribution in [0.5, 0.6) is 11.5 Å². The topological polar surface area (TPSA) is 151 Å². The molecular weight excluding hydrogens is 324 g/mol. The van der Waals surface area contributed by atoms with Crippen molar-refractivity contribution in [3.8, 4) is 11.5 Å². The molecule has 10 heteroatoms. The van der Waals surface area contributed by atoms with Crippen molar-refractivity contribution < 1.29 is 38.8 Å². The predicted octanol–water partition coefficient (Wildman–Crippen LogP) is 0.684. The number of carboxylic acid groups (broad SMARTS) is 2. The molecule has 1 aliphatic heterocycles. The number of benzene rings is 1. The van der Waals surface area contributed by atoms with Crippen LogP contribution in [0, 0.1) is 0 Å². The molecule has 24 heavy (non-hydrogen) atoms. The van der Waals surface area contributed by atoms with Crippen molar-refractivity contribution in [2.75, 3.05) is 7.11 Å². The van der Waals surface area contributed by atoms with Crippen LogP contribution in [0.15, 0.2) is 27.9 Å². The number of carboxylic acids is 2. The summed E-state index contributed by atoms with van der Waals surface area (Å²) in [6.07, 6.45) is 0.504. The summed E-state index contributed by atoms with van der Waals surface area (Å²) in [4.78, 5) is 22.3. The van der Waals surface area contributed by atoms with Crippen LogP contribution in [0.3, 0.4) is 0 Å². The minimum absolute atomic E-state index is 0.0209. The van der Waals surface area contributed by atoms with Crippen molar-refractivity contribution in [1.82, 2.24) is 5.43 Å². The van der Waals surface area contributed by atoms with Gasteiger partial charge in [-0.2, -0.15) is 0 Å². The highest BCUT2D eigenvalue weighted by Gasteiger charge is 2.49. The fourth-order valence-electron chi connectivity index (χ4n) is 2.40. The zero-order valence-corrected chi connectivity index (χ0v) is 12.3. The highest BCUT2D eigenvalue weighted by atomic mass is 16.6. The van der Waals surface area contributed by atoms with Gasteiger partial charge in [-0.1, -0.05) is 0 Å². The lowest BCUT2D eigenvalue weighted by Crippen LogP contribution is -2.50. The number of nitrogens with zero attached hydrogens (tertiary/aromatic N) is 1. The first-order chi connectivity index (χ1) is 11.4. The Labute approximate surface area is 133 Å². The van der Waals surface area contributed by atoms with Crippen molar-refractivity contribution >= 4 is 28.8 Å². The maximum absolute atomic E-state index is 11.4. The summed E-state index contributed by atoms with van der Waals surface area (Å²) >= 11 is 0. The molecule has 1 atom stereocenters. The highest BCUT2D eigenvalue weighted by molar-refractivity contribution is 6.07. The summed E-state index contributed by atoms with van der Waals surface area (Å²) < 4.78 is 15.7. The Morgan fingerprint density at radius 3 is 2.79 bits per heavy atom. The van der Waals surface area contributed by atoms with Gasteiger partial charge in [-0.25, -0.2) is 4.79 Å². The molecule has 1 aliphatic rings. The van der Waals surface area contributed by atoms with Gasteiger partial charge < -0.3 is 29.2 Å². The molecule has 1 aromatic heterocycles. The molecule has 2 aromatic rings. The average Bonchev–Trinajstić information content (AvgIpc) is 3.12. The van der Waals surface area contributed by atoms with Gasteiger partial charge in [0.05, 0.1) is 18.8 Å². The van der Waals surface area contributed by atoms with Gasteiger partial charge in [0.1, 0.15) is 29.1 Å². The monoisotopic (exact) mass is 336 g/mol. The lowest BCUT2D eigenvalue weighted by molar-refractivity contribution is -0.164. The van der Waals surface area contributed by atoms with Crippen LogP contribution in [0.1, 0.15) is 12.0 Å². The quantitative estimate of drug-likeness (QED) is 0.618. The van der Waals surface area contributed by atoms with E-state index in [9.17, 15) is 19.8 Å². The van der Waals surface area contributed by atoms with Gasteiger partial charge in [-0.3, -0.25) is 10.2 Å². The third-order valence-electron chi connectivity index (χ3n) is 3.46. The Morgan fingerprint density at radius 2 is 2.17 bits per heavy atom. The second-order valence-corrected chi connectivity index (χ2v) is 4.97. The number of rotatable bonds is 5. The van der Waals surface area contributed by atoms with E-state index in [1.54, 1.807) is 6.07 Å². The number of phenols is 1. The van der Waals surface area contributed by atoms with Gasteiger partial charge in [-0.15, -0.1) is 5.10 Å². The third kappa shape index (κ3) is 2.24. The van der Waals surface area contributed by atoms with Gasteiger partial charge >= 0.3 is 17.7 Å². The van der Waals surface area contributed by atoms with Crippen LogP contribution in [-0.4, -0.2) is 46.0 Å². The number of aliphatic carboxylic acids is 2. The number of hydrazone groups is 1. The van der Waals surface area contributed by atoms with Crippen LogP contribution in [-0.2, 0) is 14.3 Å². The standard InChI is InChI=1S/C14H12N2O8/c1-22-11-6-2-3-23-8(6)4-7(17)10(11)12-15-16-14(24-12,13(20)21)5-9(18)19/h2-4,16-17H,5H2,1H3,(H,18,19)(H,20,21). The molecule has 0 saturated carbocycles. The van der Waals surface area contributed by atoms with E-state index in [0.717, 1.165) is 0 Å². The largest absolute Gasteiger partial charge is 0.507 e. The first-order valence-corrected chi connectivity index (χ1v) is 6.64. The molecule has 4 N–H and O–H groups in total. The number of fused-ring (bicyclic) bond motifs is 1. The molecule has 0 radical (unpaired) electrons. The average molecular weight is 336 g/mol. The Morgan fingerprint density at radius 1 is 1.42 bits per heavy atom. The maximum atomic E-state index is 11.4. The van der Waals surface area contributed by atoms with E-state index in [1.165, 1.54) is 19.4 Å². The summed E-state index contributed by atoms with van der Waals surface area (Å²) in [6, 6.07) is 2.87. The van der Waals surface area contributed by atoms with Gasteiger partial charge in [0.15, 0.2) is 0 Å². The van der Waals surface area contributed by atoms with E-state index in [4.69, 9.17) is 19.0 Å². The van der Waals surface area contributed by atoms with Crippen molar-refractivity contribution in [3.05, 3.63) is 24.0 Å². The van der Waals surface area contributed by atoms with Crippen molar-refractivity contribution in [2.45, 2.75) is 12.1 Å². The molecule has 10 nitrogen and oxygen atoms in total. The molecule has 3 rings (SSSR count). The van der Waals surface area contributed by atoms with Gasteiger partial charge in [0, 0.05) is 6.07 Å². The molecule has 1 unspecified atom stereocenters. The summed E-state index contributed by atoms with van der Waals surface area (Å²) in [5.41, 5.74) is 0.213. The van der Waals surface area contributed by atoms with Gasteiger partial charge in [0.25, 0.3) is 0 Å². The second-order valence-electron chi connectivity index (χ2n) is 4.97. The molecule has 0 bridgehead atoms. The van der Waals surface area contributed by atoms with E-state index in [-0.39, 0.29) is 23.0 Å². The number of nitrogens with one attached hydrogen (secondary N) is 1. The number of ether oxygens (including phenoxy) is 2. The maximum Gasteiger partial charge on any atom is 0.372 e. The molecule has 0 saturated heterocycles.